The molecule has 0 aliphatic rings. The van der Waals surface area contributed by atoms with Crippen molar-refractivity contribution < 1.29 is 19.1 Å². The highest BCUT2D eigenvalue weighted by Crippen LogP contribution is 2.30. The fourth-order valence-corrected chi connectivity index (χ4v) is 2.63. The smallest absolute Gasteiger partial charge is 0.336 e. The van der Waals surface area contributed by atoms with E-state index < -0.39 is 17.9 Å². The lowest BCUT2D eigenvalue weighted by Crippen LogP contribution is -2.20. The summed E-state index contributed by atoms with van der Waals surface area (Å²) in [7, 11) is 1.46. The van der Waals surface area contributed by atoms with E-state index in [1.807, 2.05) is 17.5 Å². The number of amides is 1. The van der Waals surface area contributed by atoms with E-state index in [0.29, 0.717) is 11.3 Å². The Morgan fingerprint density at radius 3 is 2.71 bits per heavy atom. The lowest BCUT2D eigenvalue weighted by Gasteiger charge is -2.13. The number of rotatable bonds is 7. The summed E-state index contributed by atoms with van der Waals surface area (Å²) in [6.45, 7) is 0. The maximum absolute atomic E-state index is 11.9. The van der Waals surface area contributed by atoms with Gasteiger partial charge < -0.3 is 20.9 Å². The number of thiophene rings is 1. The van der Waals surface area contributed by atoms with Crippen LogP contribution in [-0.4, -0.2) is 19.0 Å². The number of nitrogens with two attached hydrogens (primary N) is 2. The first-order valence-electron chi connectivity index (χ1n) is 7.15. The van der Waals surface area contributed by atoms with E-state index in [9.17, 15) is 9.59 Å². The molecule has 2 rings (SSSR count). The van der Waals surface area contributed by atoms with Crippen LogP contribution in [0.15, 0.2) is 41.8 Å². The molecule has 0 radical (unpaired) electrons. The lowest BCUT2D eigenvalue weighted by atomic mass is 10.0. The monoisotopic (exact) mass is 346 g/mol. The molecule has 1 aromatic heterocycles. The summed E-state index contributed by atoms with van der Waals surface area (Å²) in [5.41, 5.74) is 11.7. The van der Waals surface area contributed by atoms with Gasteiger partial charge in [-0.3, -0.25) is 4.79 Å². The average molecular weight is 346 g/mol. The highest BCUT2D eigenvalue weighted by Gasteiger charge is 2.14. The molecule has 1 amide bonds. The number of benzene rings is 1. The summed E-state index contributed by atoms with van der Waals surface area (Å²) in [5, 5.41) is 1.92. The number of carbonyl (C=O) groups is 2. The number of hydrogen-bond donors (Lipinski definition) is 2. The van der Waals surface area contributed by atoms with Gasteiger partial charge in [-0.2, -0.15) is 0 Å². The van der Waals surface area contributed by atoms with Gasteiger partial charge in [0.05, 0.1) is 7.11 Å². The molecule has 1 aromatic carbocycles. The SMILES string of the molecule is COc1cc(C(N)CC(N)=O)ccc1OC(=O)/C=C/c1cccs1. The Morgan fingerprint density at radius 2 is 2.08 bits per heavy atom. The third kappa shape index (κ3) is 4.94. The van der Waals surface area contributed by atoms with Gasteiger partial charge in [-0.25, -0.2) is 4.79 Å². The lowest BCUT2D eigenvalue weighted by molar-refractivity contribution is -0.129. The molecule has 24 heavy (non-hydrogen) atoms. The van der Waals surface area contributed by atoms with Crippen LogP contribution in [0, 0.1) is 0 Å². The number of methoxy groups -OCH3 is 1. The van der Waals surface area contributed by atoms with Crippen LogP contribution in [0.1, 0.15) is 22.9 Å². The summed E-state index contributed by atoms with van der Waals surface area (Å²) in [4.78, 5) is 23.8. The van der Waals surface area contributed by atoms with Crippen molar-refractivity contribution in [1.82, 2.24) is 0 Å². The number of hydrogen-bond acceptors (Lipinski definition) is 6. The van der Waals surface area contributed by atoms with E-state index in [-0.39, 0.29) is 12.2 Å². The second kappa shape index (κ2) is 8.28. The van der Waals surface area contributed by atoms with Crippen molar-refractivity contribution in [3.8, 4) is 11.5 Å². The van der Waals surface area contributed by atoms with Crippen LogP contribution in [0.3, 0.4) is 0 Å². The second-order valence-corrected chi connectivity index (χ2v) is 5.94. The third-order valence-electron chi connectivity index (χ3n) is 3.17. The standard InChI is InChI=1S/C17H18N2O4S/c1-22-15-9-11(13(18)10-16(19)20)4-6-14(15)23-17(21)7-5-12-3-2-8-24-12/h2-9,13H,10,18H2,1H3,(H2,19,20)/b7-5+. The molecule has 0 saturated heterocycles. The summed E-state index contributed by atoms with van der Waals surface area (Å²) in [6.07, 6.45) is 3.04. The summed E-state index contributed by atoms with van der Waals surface area (Å²) in [6, 6.07) is 8.11. The topological polar surface area (TPSA) is 105 Å². The van der Waals surface area contributed by atoms with Crippen LogP contribution < -0.4 is 20.9 Å². The Hall–Kier alpha value is -2.64. The van der Waals surface area contributed by atoms with Crippen molar-refractivity contribution in [1.29, 1.82) is 0 Å². The highest BCUT2D eigenvalue weighted by molar-refractivity contribution is 7.10. The number of carbonyl (C=O) groups excluding carboxylic acids is 2. The molecule has 1 heterocycles. The van der Waals surface area contributed by atoms with E-state index in [1.165, 1.54) is 24.5 Å². The number of esters is 1. The summed E-state index contributed by atoms with van der Waals surface area (Å²) >= 11 is 1.52. The number of primary amides is 1. The number of ether oxygens (including phenoxy) is 2. The minimum atomic E-state index is -0.542. The van der Waals surface area contributed by atoms with Crippen LogP contribution in [0.5, 0.6) is 11.5 Å². The van der Waals surface area contributed by atoms with Crippen molar-refractivity contribution in [3.63, 3.8) is 0 Å². The zero-order chi connectivity index (χ0) is 17.5. The Labute approximate surface area is 143 Å². The first-order valence-corrected chi connectivity index (χ1v) is 8.02. The van der Waals surface area contributed by atoms with Gasteiger partial charge in [0, 0.05) is 23.4 Å². The molecule has 6 nitrogen and oxygen atoms in total. The molecule has 0 fully saturated rings. The normalized spacial score (nSPS) is 12.1. The molecule has 1 atom stereocenters. The Kier molecular flexibility index (Phi) is 6.11. The van der Waals surface area contributed by atoms with Gasteiger partial charge in [0.2, 0.25) is 5.91 Å². The van der Waals surface area contributed by atoms with Crippen molar-refractivity contribution in [2.24, 2.45) is 11.5 Å². The predicted molar refractivity (Wildman–Crippen MR) is 92.7 cm³/mol. The van der Waals surface area contributed by atoms with Crippen LogP contribution >= 0.6 is 11.3 Å². The average Bonchev–Trinajstić information content (AvgIpc) is 3.06. The summed E-state index contributed by atoms with van der Waals surface area (Å²) < 4.78 is 10.5. The largest absolute Gasteiger partial charge is 0.493 e. The van der Waals surface area contributed by atoms with Gasteiger partial charge in [0.1, 0.15) is 0 Å². The van der Waals surface area contributed by atoms with E-state index in [1.54, 1.807) is 24.3 Å². The molecule has 4 N–H and O–H groups in total. The maximum Gasteiger partial charge on any atom is 0.336 e. The van der Waals surface area contributed by atoms with E-state index in [0.717, 1.165) is 4.88 Å². The molecular weight excluding hydrogens is 328 g/mol. The molecule has 0 aliphatic heterocycles. The van der Waals surface area contributed by atoms with Crippen LogP contribution in [-0.2, 0) is 9.59 Å². The zero-order valence-electron chi connectivity index (χ0n) is 13.1. The Morgan fingerprint density at radius 1 is 1.29 bits per heavy atom. The van der Waals surface area contributed by atoms with Gasteiger partial charge in [-0.05, 0) is 35.2 Å². The molecule has 1 unspecified atom stereocenters. The molecule has 0 aliphatic carbocycles. The Bertz CT molecular complexity index is 741. The molecule has 7 heteroatoms. The molecular formula is C17H18N2O4S. The van der Waals surface area contributed by atoms with E-state index in [2.05, 4.69) is 0 Å². The minimum Gasteiger partial charge on any atom is -0.493 e. The molecule has 2 aromatic rings. The van der Waals surface area contributed by atoms with Crippen molar-refractivity contribution in [2.75, 3.05) is 7.11 Å². The van der Waals surface area contributed by atoms with Gasteiger partial charge in [0.25, 0.3) is 0 Å². The van der Waals surface area contributed by atoms with Crippen molar-refractivity contribution in [2.45, 2.75) is 12.5 Å². The van der Waals surface area contributed by atoms with Crippen LogP contribution in [0.25, 0.3) is 6.08 Å². The fraction of sp³-hybridized carbons (Fsp3) is 0.176. The molecule has 0 spiro atoms. The van der Waals surface area contributed by atoms with Gasteiger partial charge >= 0.3 is 5.97 Å². The first-order chi connectivity index (χ1) is 11.5. The van der Waals surface area contributed by atoms with E-state index >= 15 is 0 Å². The zero-order valence-corrected chi connectivity index (χ0v) is 13.9. The first kappa shape index (κ1) is 17.7. The fourth-order valence-electron chi connectivity index (χ4n) is 2.01. The maximum atomic E-state index is 11.9. The van der Waals surface area contributed by atoms with Crippen LogP contribution in [0.2, 0.25) is 0 Å². The van der Waals surface area contributed by atoms with Crippen molar-refractivity contribution >= 4 is 29.3 Å². The Balaban J connectivity index is 2.09. The van der Waals surface area contributed by atoms with Crippen molar-refractivity contribution in [3.05, 3.63) is 52.2 Å². The van der Waals surface area contributed by atoms with Gasteiger partial charge in [-0.15, -0.1) is 11.3 Å². The predicted octanol–water partition coefficient (Wildman–Crippen LogP) is 2.25. The van der Waals surface area contributed by atoms with Crippen LogP contribution in [0.4, 0.5) is 0 Å². The molecule has 0 saturated carbocycles. The highest BCUT2D eigenvalue weighted by atomic mass is 32.1. The van der Waals surface area contributed by atoms with E-state index in [4.69, 9.17) is 20.9 Å². The van der Waals surface area contributed by atoms with Gasteiger partial charge in [0.15, 0.2) is 11.5 Å². The quantitative estimate of drug-likeness (QED) is 0.454. The molecule has 0 bridgehead atoms. The van der Waals surface area contributed by atoms with Gasteiger partial charge in [-0.1, -0.05) is 12.1 Å². The minimum absolute atomic E-state index is 0.0197. The second-order valence-electron chi connectivity index (χ2n) is 4.96. The third-order valence-corrected chi connectivity index (χ3v) is 4.01. The molecule has 126 valence electrons. The summed E-state index contributed by atoms with van der Waals surface area (Å²) in [5.74, 6) is -0.384.